The van der Waals surface area contributed by atoms with E-state index in [2.05, 4.69) is 9.59 Å². The van der Waals surface area contributed by atoms with E-state index in [0.29, 0.717) is 23.5 Å². The van der Waals surface area contributed by atoms with Gasteiger partial charge in [0.05, 0.1) is 16.7 Å². The van der Waals surface area contributed by atoms with E-state index in [4.69, 9.17) is 0 Å². The summed E-state index contributed by atoms with van der Waals surface area (Å²) in [5.74, 6) is 0.141. The van der Waals surface area contributed by atoms with Crippen molar-refractivity contribution in [1.29, 1.82) is 0 Å². The predicted octanol–water partition coefficient (Wildman–Crippen LogP) is 1.52. The van der Waals surface area contributed by atoms with Crippen LogP contribution in [0.2, 0.25) is 0 Å². The van der Waals surface area contributed by atoms with Gasteiger partial charge in [-0.1, -0.05) is 18.3 Å². The second kappa shape index (κ2) is 6.39. The molecule has 0 aromatic carbocycles. The lowest BCUT2D eigenvalue weighted by Crippen LogP contribution is -2.46. The molecule has 1 saturated heterocycles. The fourth-order valence-electron chi connectivity index (χ4n) is 2.59. The average Bonchev–Trinajstić information content (AvgIpc) is 2.83. The Bertz CT molecular complexity index is 610. The molecule has 0 bridgehead atoms. The molecule has 0 radical (unpaired) electrons. The largest absolute Gasteiger partial charge is 0.337 e. The van der Waals surface area contributed by atoms with Gasteiger partial charge in [0.25, 0.3) is 5.91 Å². The Balaban J connectivity index is 2.11. The third-order valence-corrected chi connectivity index (χ3v) is 6.93. The minimum Gasteiger partial charge on any atom is -0.337 e. The summed E-state index contributed by atoms with van der Waals surface area (Å²) in [5.41, 5.74) is 0.608. The van der Waals surface area contributed by atoms with Crippen LogP contribution in [0.4, 0.5) is 0 Å². The first-order valence-electron chi connectivity index (χ1n) is 7.11. The van der Waals surface area contributed by atoms with Gasteiger partial charge in [0.2, 0.25) is 0 Å². The molecule has 0 N–H and O–H groups in total. The van der Waals surface area contributed by atoms with Crippen LogP contribution in [0, 0.1) is 12.8 Å². The molecule has 2 rings (SSSR count). The van der Waals surface area contributed by atoms with E-state index < -0.39 is 15.1 Å². The van der Waals surface area contributed by atoms with E-state index in [-0.39, 0.29) is 24.1 Å². The molecule has 0 unspecified atom stereocenters. The molecular formula is C13H21N3O3S2. The lowest BCUT2D eigenvalue weighted by Gasteiger charge is -2.32. The van der Waals surface area contributed by atoms with Crippen molar-refractivity contribution in [1.82, 2.24) is 14.5 Å². The first kappa shape index (κ1) is 16.4. The summed E-state index contributed by atoms with van der Waals surface area (Å²) >= 11 is 1.07. The number of likely N-dealkylation sites (tertiary alicyclic amines) is 1. The minimum atomic E-state index is -3.15. The highest BCUT2D eigenvalue weighted by molar-refractivity contribution is 7.92. The standard InChI is InChI=1S/C13H21N3O3S2/c1-9(2)8-21(18,19)11-5-4-6-16(7-11)13(17)12-10(3)14-15-20-12/h9,11H,4-8H2,1-3H3/t11-/m0/s1. The molecular weight excluding hydrogens is 310 g/mol. The number of nitrogens with zero attached hydrogens (tertiary/aromatic N) is 3. The summed E-state index contributed by atoms with van der Waals surface area (Å²) in [6.07, 6.45) is 1.36. The van der Waals surface area contributed by atoms with Gasteiger partial charge in [-0.15, -0.1) is 5.10 Å². The highest BCUT2D eigenvalue weighted by atomic mass is 32.2. The smallest absolute Gasteiger partial charge is 0.267 e. The van der Waals surface area contributed by atoms with Crippen molar-refractivity contribution in [3.05, 3.63) is 10.6 Å². The highest BCUT2D eigenvalue weighted by Crippen LogP contribution is 2.22. The number of rotatable bonds is 4. The number of sulfone groups is 1. The van der Waals surface area contributed by atoms with Crippen LogP contribution < -0.4 is 0 Å². The van der Waals surface area contributed by atoms with Gasteiger partial charge in [-0.3, -0.25) is 4.79 Å². The molecule has 21 heavy (non-hydrogen) atoms. The van der Waals surface area contributed by atoms with Crippen LogP contribution in [0.25, 0.3) is 0 Å². The first-order valence-corrected chi connectivity index (χ1v) is 9.60. The highest BCUT2D eigenvalue weighted by Gasteiger charge is 2.34. The second-order valence-corrected chi connectivity index (χ2v) is 9.01. The third-order valence-electron chi connectivity index (χ3n) is 3.58. The summed E-state index contributed by atoms with van der Waals surface area (Å²) in [5, 5.41) is 3.40. The minimum absolute atomic E-state index is 0.106. The molecule has 1 amide bonds. The molecule has 0 spiro atoms. The Hall–Kier alpha value is -1.02. The molecule has 1 aliphatic heterocycles. The summed E-state index contributed by atoms with van der Waals surface area (Å²) < 4.78 is 28.5. The fraction of sp³-hybridized carbons (Fsp3) is 0.769. The molecule has 1 aliphatic rings. The van der Waals surface area contributed by atoms with Crippen LogP contribution >= 0.6 is 11.5 Å². The van der Waals surface area contributed by atoms with E-state index in [1.54, 1.807) is 11.8 Å². The van der Waals surface area contributed by atoms with Crippen molar-refractivity contribution >= 4 is 27.3 Å². The SMILES string of the molecule is Cc1nnsc1C(=O)N1CCC[C@H](S(=O)(=O)CC(C)C)C1. The van der Waals surface area contributed by atoms with E-state index in [1.165, 1.54) is 0 Å². The number of aryl methyl sites for hydroxylation is 1. The van der Waals surface area contributed by atoms with E-state index in [9.17, 15) is 13.2 Å². The maximum Gasteiger partial charge on any atom is 0.267 e. The Morgan fingerprint density at radius 3 is 2.76 bits per heavy atom. The van der Waals surface area contributed by atoms with Gasteiger partial charge in [-0.25, -0.2) is 8.42 Å². The molecule has 1 aromatic rings. The van der Waals surface area contributed by atoms with Crippen LogP contribution in [0.5, 0.6) is 0 Å². The van der Waals surface area contributed by atoms with Crippen LogP contribution in [-0.4, -0.2) is 52.9 Å². The van der Waals surface area contributed by atoms with Gasteiger partial charge in [0, 0.05) is 13.1 Å². The number of hydrogen-bond acceptors (Lipinski definition) is 6. The van der Waals surface area contributed by atoms with Gasteiger partial charge in [-0.05, 0) is 37.2 Å². The molecule has 1 fully saturated rings. The normalized spacial score (nSPS) is 20.0. The Morgan fingerprint density at radius 1 is 1.48 bits per heavy atom. The molecule has 2 heterocycles. The van der Waals surface area contributed by atoms with Gasteiger partial charge in [0.15, 0.2) is 9.84 Å². The number of piperidine rings is 1. The zero-order chi connectivity index (χ0) is 15.6. The first-order chi connectivity index (χ1) is 9.81. The maximum absolute atomic E-state index is 12.4. The summed E-state index contributed by atoms with van der Waals surface area (Å²) in [6, 6.07) is 0. The monoisotopic (exact) mass is 331 g/mol. The Labute approximate surface area is 129 Å². The number of aromatic nitrogens is 2. The van der Waals surface area contributed by atoms with Crippen molar-refractivity contribution in [2.24, 2.45) is 5.92 Å². The van der Waals surface area contributed by atoms with Gasteiger partial charge in [-0.2, -0.15) is 0 Å². The number of carbonyl (C=O) groups is 1. The quantitative estimate of drug-likeness (QED) is 0.835. The van der Waals surface area contributed by atoms with Gasteiger partial charge < -0.3 is 4.90 Å². The zero-order valence-electron chi connectivity index (χ0n) is 12.6. The average molecular weight is 331 g/mol. The van der Waals surface area contributed by atoms with Crippen LogP contribution in [0.3, 0.4) is 0 Å². The topological polar surface area (TPSA) is 80.2 Å². The Kier molecular flexibility index (Phi) is 4.98. The van der Waals surface area contributed by atoms with Crippen molar-refractivity contribution in [3.8, 4) is 0 Å². The molecule has 6 nitrogen and oxygen atoms in total. The van der Waals surface area contributed by atoms with E-state index in [0.717, 1.165) is 18.0 Å². The van der Waals surface area contributed by atoms with Crippen molar-refractivity contribution in [2.75, 3.05) is 18.8 Å². The second-order valence-electron chi connectivity index (χ2n) is 5.93. The summed E-state index contributed by atoms with van der Waals surface area (Å²) in [7, 11) is -3.15. The van der Waals surface area contributed by atoms with Gasteiger partial charge >= 0.3 is 0 Å². The lowest BCUT2D eigenvalue weighted by molar-refractivity contribution is 0.0731. The van der Waals surface area contributed by atoms with Crippen molar-refractivity contribution in [3.63, 3.8) is 0 Å². The molecule has 118 valence electrons. The predicted molar refractivity (Wildman–Crippen MR) is 82.2 cm³/mol. The lowest BCUT2D eigenvalue weighted by atomic mass is 10.1. The van der Waals surface area contributed by atoms with Crippen LogP contribution in [0.15, 0.2) is 0 Å². The van der Waals surface area contributed by atoms with Crippen molar-refractivity contribution < 1.29 is 13.2 Å². The zero-order valence-corrected chi connectivity index (χ0v) is 14.2. The summed E-state index contributed by atoms with van der Waals surface area (Å²) in [6.45, 7) is 6.42. The fourth-order valence-corrected chi connectivity index (χ4v) is 5.35. The van der Waals surface area contributed by atoms with E-state index in [1.807, 2.05) is 13.8 Å². The van der Waals surface area contributed by atoms with Crippen LogP contribution in [0.1, 0.15) is 42.1 Å². The van der Waals surface area contributed by atoms with Gasteiger partial charge in [0.1, 0.15) is 4.88 Å². The molecule has 0 saturated carbocycles. The summed E-state index contributed by atoms with van der Waals surface area (Å²) in [4.78, 5) is 14.6. The molecule has 0 aliphatic carbocycles. The van der Waals surface area contributed by atoms with Crippen LogP contribution in [-0.2, 0) is 9.84 Å². The number of carbonyl (C=O) groups excluding carboxylic acids is 1. The van der Waals surface area contributed by atoms with Crippen molar-refractivity contribution in [2.45, 2.75) is 38.9 Å². The number of amides is 1. The van der Waals surface area contributed by atoms with E-state index >= 15 is 0 Å². The third kappa shape index (κ3) is 3.79. The molecule has 1 atom stereocenters. The molecule has 8 heteroatoms. The maximum atomic E-state index is 12.4. The Morgan fingerprint density at radius 2 is 2.19 bits per heavy atom. The molecule has 1 aromatic heterocycles. The number of hydrogen-bond donors (Lipinski definition) is 0.